The third-order valence-electron chi connectivity index (χ3n) is 5.54. The van der Waals surface area contributed by atoms with E-state index in [1.54, 1.807) is 0 Å². The summed E-state index contributed by atoms with van der Waals surface area (Å²) in [6.45, 7) is 0.386. The lowest BCUT2D eigenvalue weighted by Crippen LogP contribution is -2.49. The van der Waals surface area contributed by atoms with E-state index in [1.807, 2.05) is 4.90 Å². The maximum Gasteiger partial charge on any atom is 0.225 e. The number of likely N-dealkylation sites (tertiary alicyclic amines) is 1. The van der Waals surface area contributed by atoms with Gasteiger partial charge in [0.1, 0.15) is 11.6 Å². The Kier molecular flexibility index (Phi) is 6.22. The predicted octanol–water partition coefficient (Wildman–Crippen LogP) is 3.54. The number of hydrogen-bond donors (Lipinski definition) is 1. The molecule has 0 radical (unpaired) electrons. The van der Waals surface area contributed by atoms with Crippen molar-refractivity contribution in [2.24, 2.45) is 5.92 Å². The van der Waals surface area contributed by atoms with Crippen molar-refractivity contribution in [1.29, 1.82) is 0 Å². The van der Waals surface area contributed by atoms with Gasteiger partial charge in [-0.05, 0) is 37.5 Å². The molecule has 0 aromatic heterocycles. The molecule has 1 heterocycles. The van der Waals surface area contributed by atoms with Crippen LogP contribution in [0.2, 0.25) is 0 Å². The summed E-state index contributed by atoms with van der Waals surface area (Å²) in [6.07, 6.45) is 7.59. The van der Waals surface area contributed by atoms with Crippen LogP contribution in [0.25, 0.3) is 0 Å². The lowest BCUT2D eigenvalue weighted by Gasteiger charge is -2.37. The molecule has 1 aromatic rings. The molecular formula is C20H26F2N2O2. The molecule has 26 heavy (non-hydrogen) atoms. The van der Waals surface area contributed by atoms with Gasteiger partial charge < -0.3 is 10.2 Å². The SMILES string of the molecule is O=C(NCc1cc(F)ccc1F)[C@H]1CCC(=O)N(C2CCCCCC2)C1. The van der Waals surface area contributed by atoms with E-state index in [4.69, 9.17) is 0 Å². The maximum atomic E-state index is 13.7. The van der Waals surface area contributed by atoms with Crippen LogP contribution in [0.15, 0.2) is 18.2 Å². The molecule has 1 aliphatic carbocycles. The van der Waals surface area contributed by atoms with Gasteiger partial charge in [0.25, 0.3) is 0 Å². The number of halogens is 2. The Morgan fingerprint density at radius 3 is 2.58 bits per heavy atom. The minimum Gasteiger partial charge on any atom is -0.352 e. The normalized spacial score (nSPS) is 22.2. The first-order valence-corrected chi connectivity index (χ1v) is 9.55. The van der Waals surface area contributed by atoms with E-state index in [1.165, 1.54) is 12.8 Å². The molecule has 2 aliphatic rings. The van der Waals surface area contributed by atoms with Crippen LogP contribution < -0.4 is 5.32 Å². The van der Waals surface area contributed by atoms with E-state index in [0.717, 1.165) is 43.9 Å². The minimum atomic E-state index is -0.536. The van der Waals surface area contributed by atoms with E-state index < -0.39 is 11.6 Å². The molecule has 1 N–H and O–H groups in total. The summed E-state index contributed by atoms with van der Waals surface area (Å²) in [6, 6.07) is 3.45. The van der Waals surface area contributed by atoms with Crippen LogP contribution in [-0.4, -0.2) is 29.3 Å². The molecule has 0 unspecified atom stereocenters. The van der Waals surface area contributed by atoms with Crippen LogP contribution in [0.1, 0.15) is 56.9 Å². The second-order valence-electron chi connectivity index (χ2n) is 7.38. The Labute approximate surface area is 152 Å². The number of piperidine rings is 1. The molecule has 0 spiro atoms. The summed E-state index contributed by atoms with van der Waals surface area (Å²) in [5.74, 6) is -1.41. The number of benzene rings is 1. The van der Waals surface area contributed by atoms with Gasteiger partial charge in [0, 0.05) is 31.1 Å². The second-order valence-corrected chi connectivity index (χ2v) is 7.38. The summed E-state index contributed by atoms with van der Waals surface area (Å²) in [5, 5.41) is 2.70. The molecule has 2 amide bonds. The monoisotopic (exact) mass is 364 g/mol. The van der Waals surface area contributed by atoms with E-state index in [-0.39, 0.29) is 35.9 Å². The molecule has 1 atom stereocenters. The quantitative estimate of drug-likeness (QED) is 0.831. The van der Waals surface area contributed by atoms with Gasteiger partial charge >= 0.3 is 0 Å². The van der Waals surface area contributed by atoms with Crippen molar-refractivity contribution < 1.29 is 18.4 Å². The summed E-state index contributed by atoms with van der Waals surface area (Å²) >= 11 is 0. The summed E-state index contributed by atoms with van der Waals surface area (Å²) < 4.78 is 26.9. The van der Waals surface area contributed by atoms with Crippen molar-refractivity contribution in [3.63, 3.8) is 0 Å². The first-order valence-electron chi connectivity index (χ1n) is 9.55. The molecule has 1 saturated carbocycles. The van der Waals surface area contributed by atoms with E-state index in [9.17, 15) is 18.4 Å². The van der Waals surface area contributed by atoms with Crippen LogP contribution in [0.4, 0.5) is 8.78 Å². The van der Waals surface area contributed by atoms with Gasteiger partial charge in [0.05, 0.1) is 5.92 Å². The highest BCUT2D eigenvalue weighted by atomic mass is 19.1. The largest absolute Gasteiger partial charge is 0.352 e. The van der Waals surface area contributed by atoms with Crippen LogP contribution in [0.5, 0.6) is 0 Å². The highest BCUT2D eigenvalue weighted by Gasteiger charge is 2.34. The molecule has 6 heteroatoms. The van der Waals surface area contributed by atoms with Crippen LogP contribution in [-0.2, 0) is 16.1 Å². The average Bonchev–Trinajstić information content (AvgIpc) is 2.92. The Bertz CT molecular complexity index is 657. The number of hydrogen-bond acceptors (Lipinski definition) is 2. The molecule has 1 aromatic carbocycles. The zero-order valence-corrected chi connectivity index (χ0v) is 15.0. The van der Waals surface area contributed by atoms with E-state index in [0.29, 0.717) is 19.4 Å². The number of rotatable bonds is 4. The third kappa shape index (κ3) is 4.59. The molecule has 4 nitrogen and oxygen atoms in total. The zero-order valence-electron chi connectivity index (χ0n) is 15.0. The zero-order chi connectivity index (χ0) is 18.5. The van der Waals surface area contributed by atoms with Crippen LogP contribution >= 0.6 is 0 Å². The molecule has 142 valence electrons. The van der Waals surface area contributed by atoms with Crippen molar-refractivity contribution in [2.45, 2.75) is 64.0 Å². The van der Waals surface area contributed by atoms with Gasteiger partial charge in [-0.1, -0.05) is 25.7 Å². The van der Waals surface area contributed by atoms with Gasteiger partial charge in [0.15, 0.2) is 0 Å². The van der Waals surface area contributed by atoms with Gasteiger partial charge in [0.2, 0.25) is 11.8 Å². The Balaban J connectivity index is 1.58. The molecule has 1 saturated heterocycles. The number of amides is 2. The van der Waals surface area contributed by atoms with Crippen molar-refractivity contribution in [2.75, 3.05) is 6.54 Å². The third-order valence-corrected chi connectivity index (χ3v) is 5.54. The second kappa shape index (κ2) is 8.60. The number of carbonyl (C=O) groups excluding carboxylic acids is 2. The van der Waals surface area contributed by atoms with E-state index in [2.05, 4.69) is 5.32 Å². The Hall–Kier alpha value is -1.98. The van der Waals surface area contributed by atoms with Gasteiger partial charge in [-0.25, -0.2) is 8.78 Å². The van der Waals surface area contributed by atoms with E-state index >= 15 is 0 Å². The summed E-state index contributed by atoms with van der Waals surface area (Å²) in [7, 11) is 0. The fraction of sp³-hybridized carbons (Fsp3) is 0.600. The lowest BCUT2D eigenvalue weighted by molar-refractivity contribution is -0.141. The molecule has 0 bridgehead atoms. The topological polar surface area (TPSA) is 49.4 Å². The highest BCUT2D eigenvalue weighted by Crippen LogP contribution is 2.27. The van der Waals surface area contributed by atoms with Gasteiger partial charge in [-0.3, -0.25) is 9.59 Å². The van der Waals surface area contributed by atoms with Gasteiger partial charge in [-0.15, -0.1) is 0 Å². The molecule has 3 rings (SSSR count). The first-order chi connectivity index (χ1) is 12.5. The number of nitrogens with zero attached hydrogens (tertiary/aromatic N) is 1. The maximum absolute atomic E-state index is 13.7. The fourth-order valence-corrected chi connectivity index (χ4v) is 4.01. The molecular weight excluding hydrogens is 338 g/mol. The molecule has 2 fully saturated rings. The van der Waals surface area contributed by atoms with Crippen molar-refractivity contribution in [1.82, 2.24) is 10.2 Å². The fourth-order valence-electron chi connectivity index (χ4n) is 4.01. The van der Waals surface area contributed by atoms with Crippen molar-refractivity contribution in [3.8, 4) is 0 Å². The smallest absolute Gasteiger partial charge is 0.225 e. The Morgan fingerprint density at radius 2 is 1.85 bits per heavy atom. The highest BCUT2D eigenvalue weighted by molar-refractivity contribution is 5.84. The number of nitrogens with one attached hydrogen (secondary N) is 1. The summed E-state index contributed by atoms with van der Waals surface area (Å²) in [5.41, 5.74) is 0.130. The molecule has 1 aliphatic heterocycles. The lowest BCUT2D eigenvalue weighted by atomic mass is 9.93. The van der Waals surface area contributed by atoms with Crippen molar-refractivity contribution >= 4 is 11.8 Å². The average molecular weight is 364 g/mol. The van der Waals surface area contributed by atoms with Crippen LogP contribution in [0, 0.1) is 17.6 Å². The standard InChI is InChI=1S/C20H26F2N2O2/c21-16-8-9-18(22)15(11-16)12-23-20(26)14-7-10-19(25)24(13-14)17-5-3-1-2-4-6-17/h8-9,11,14,17H,1-7,10,12-13H2,(H,23,26)/t14-/m0/s1. The number of carbonyl (C=O) groups is 2. The Morgan fingerprint density at radius 1 is 1.12 bits per heavy atom. The summed E-state index contributed by atoms with van der Waals surface area (Å²) in [4.78, 5) is 26.7. The predicted molar refractivity (Wildman–Crippen MR) is 94.1 cm³/mol. The minimum absolute atomic E-state index is 0.0453. The first kappa shape index (κ1) is 18.8. The van der Waals surface area contributed by atoms with Crippen molar-refractivity contribution in [3.05, 3.63) is 35.4 Å². The van der Waals surface area contributed by atoms with Gasteiger partial charge in [-0.2, -0.15) is 0 Å². The van der Waals surface area contributed by atoms with Crippen LogP contribution in [0.3, 0.4) is 0 Å².